The first-order valence-electron chi connectivity index (χ1n) is 5.93. The Bertz CT molecular complexity index is 292. The van der Waals surface area contributed by atoms with Gasteiger partial charge in [0.25, 0.3) is 0 Å². The van der Waals surface area contributed by atoms with Gasteiger partial charge in [-0.2, -0.15) is 0 Å². The Kier molecular flexibility index (Phi) is 5.21. The molecule has 1 saturated heterocycles. The maximum atomic E-state index is 10.9. The summed E-state index contributed by atoms with van der Waals surface area (Å²) in [6.07, 6.45) is 4.61. The smallest absolute Gasteiger partial charge is 0.147 e. The lowest BCUT2D eigenvalue weighted by Gasteiger charge is -2.32. The molecule has 0 aromatic heterocycles. The first-order valence-corrected chi connectivity index (χ1v) is 7.99. The summed E-state index contributed by atoms with van der Waals surface area (Å²) in [6.45, 7) is 4.94. The van der Waals surface area contributed by atoms with Crippen LogP contribution in [0.15, 0.2) is 0 Å². The van der Waals surface area contributed by atoms with E-state index in [0.717, 1.165) is 19.4 Å². The van der Waals surface area contributed by atoms with E-state index in [0.29, 0.717) is 24.7 Å². The summed E-state index contributed by atoms with van der Waals surface area (Å²) in [6, 6.07) is 0.471. The van der Waals surface area contributed by atoms with Gasteiger partial charge in [-0.05, 0) is 39.7 Å². The second kappa shape index (κ2) is 5.98. The minimum Gasteiger partial charge on any atom is -0.375 e. The zero-order chi connectivity index (χ0) is 12.2. The van der Waals surface area contributed by atoms with Crippen molar-refractivity contribution in [1.82, 2.24) is 5.32 Å². The van der Waals surface area contributed by atoms with Gasteiger partial charge in [-0.1, -0.05) is 0 Å². The van der Waals surface area contributed by atoms with Crippen LogP contribution in [0.4, 0.5) is 0 Å². The van der Waals surface area contributed by atoms with Crippen molar-refractivity contribution >= 4 is 9.84 Å². The first-order chi connectivity index (χ1) is 7.37. The third kappa shape index (κ3) is 5.82. The summed E-state index contributed by atoms with van der Waals surface area (Å²) in [7, 11) is -2.81. The van der Waals surface area contributed by atoms with E-state index < -0.39 is 9.84 Å². The first kappa shape index (κ1) is 13.9. The molecule has 1 heterocycles. The molecule has 5 heteroatoms. The van der Waals surface area contributed by atoms with Crippen LogP contribution in [0.1, 0.15) is 33.1 Å². The zero-order valence-electron chi connectivity index (χ0n) is 10.4. The van der Waals surface area contributed by atoms with Crippen LogP contribution in [0.2, 0.25) is 0 Å². The van der Waals surface area contributed by atoms with Crippen molar-refractivity contribution in [2.45, 2.75) is 51.4 Å². The number of hydrogen-bond donors (Lipinski definition) is 1. The Morgan fingerprint density at radius 2 is 1.81 bits per heavy atom. The number of rotatable bonds is 5. The maximum absolute atomic E-state index is 10.9. The molecule has 0 amide bonds. The topological polar surface area (TPSA) is 55.4 Å². The van der Waals surface area contributed by atoms with Crippen LogP contribution in [-0.2, 0) is 14.6 Å². The van der Waals surface area contributed by atoms with Crippen LogP contribution in [0, 0.1) is 0 Å². The van der Waals surface area contributed by atoms with Gasteiger partial charge in [0.15, 0.2) is 0 Å². The molecule has 2 atom stereocenters. The molecule has 0 bridgehead atoms. The minimum atomic E-state index is -2.81. The molecular formula is C11H23NO3S. The Morgan fingerprint density at radius 1 is 1.25 bits per heavy atom. The Morgan fingerprint density at radius 3 is 2.31 bits per heavy atom. The highest BCUT2D eigenvalue weighted by Crippen LogP contribution is 2.18. The standard InChI is InChI=1S/C11H23NO3S/c1-9-7-11(8-10(2)15-9)12-5-4-6-16(3,13)14/h9-12H,4-8H2,1-3H3. The van der Waals surface area contributed by atoms with E-state index in [2.05, 4.69) is 19.2 Å². The van der Waals surface area contributed by atoms with Crippen molar-refractivity contribution in [3.63, 3.8) is 0 Å². The lowest BCUT2D eigenvalue weighted by Crippen LogP contribution is -2.41. The van der Waals surface area contributed by atoms with Gasteiger partial charge in [0, 0.05) is 12.3 Å². The fraction of sp³-hybridized carbons (Fsp3) is 1.00. The molecule has 4 nitrogen and oxygen atoms in total. The summed E-state index contributed by atoms with van der Waals surface area (Å²) in [5, 5.41) is 3.41. The van der Waals surface area contributed by atoms with Crippen molar-refractivity contribution in [2.75, 3.05) is 18.6 Å². The average Bonchev–Trinajstić information content (AvgIpc) is 2.09. The van der Waals surface area contributed by atoms with E-state index in [-0.39, 0.29) is 5.75 Å². The van der Waals surface area contributed by atoms with Crippen molar-refractivity contribution in [3.05, 3.63) is 0 Å². The lowest BCUT2D eigenvalue weighted by molar-refractivity contribution is -0.0419. The highest BCUT2D eigenvalue weighted by Gasteiger charge is 2.23. The summed E-state index contributed by atoms with van der Waals surface area (Å²) in [5.41, 5.74) is 0. The zero-order valence-corrected chi connectivity index (χ0v) is 11.2. The molecule has 16 heavy (non-hydrogen) atoms. The van der Waals surface area contributed by atoms with Crippen molar-refractivity contribution in [2.24, 2.45) is 0 Å². The van der Waals surface area contributed by atoms with Crippen molar-refractivity contribution in [1.29, 1.82) is 0 Å². The number of nitrogens with one attached hydrogen (secondary N) is 1. The molecule has 0 spiro atoms. The normalized spacial score (nSPS) is 31.6. The third-order valence-electron chi connectivity index (χ3n) is 2.82. The summed E-state index contributed by atoms with van der Waals surface area (Å²) >= 11 is 0. The van der Waals surface area contributed by atoms with Gasteiger partial charge in [0.1, 0.15) is 9.84 Å². The van der Waals surface area contributed by atoms with E-state index in [1.165, 1.54) is 6.26 Å². The van der Waals surface area contributed by atoms with Crippen LogP contribution >= 0.6 is 0 Å². The van der Waals surface area contributed by atoms with E-state index >= 15 is 0 Å². The SMILES string of the molecule is CC1CC(NCCCS(C)(=O)=O)CC(C)O1. The second-order valence-corrected chi connectivity index (χ2v) is 7.12. The molecule has 0 aromatic carbocycles. The van der Waals surface area contributed by atoms with Crippen molar-refractivity contribution in [3.8, 4) is 0 Å². The fourth-order valence-corrected chi connectivity index (χ4v) is 2.88. The number of ether oxygens (including phenoxy) is 1. The van der Waals surface area contributed by atoms with Gasteiger partial charge in [0.2, 0.25) is 0 Å². The minimum absolute atomic E-state index is 0.272. The van der Waals surface area contributed by atoms with Crippen LogP contribution in [0.25, 0.3) is 0 Å². The molecule has 0 saturated carbocycles. The highest BCUT2D eigenvalue weighted by molar-refractivity contribution is 7.90. The fourth-order valence-electron chi connectivity index (χ4n) is 2.21. The van der Waals surface area contributed by atoms with Crippen LogP contribution in [0.3, 0.4) is 0 Å². The molecule has 1 aliphatic rings. The quantitative estimate of drug-likeness (QED) is 0.738. The molecule has 1 aliphatic heterocycles. The van der Waals surface area contributed by atoms with Gasteiger partial charge in [-0.25, -0.2) is 8.42 Å². The molecule has 1 fully saturated rings. The monoisotopic (exact) mass is 249 g/mol. The van der Waals surface area contributed by atoms with E-state index in [1.54, 1.807) is 0 Å². The van der Waals surface area contributed by atoms with E-state index in [9.17, 15) is 8.42 Å². The molecule has 96 valence electrons. The summed E-state index contributed by atoms with van der Waals surface area (Å²) in [5.74, 6) is 0.272. The van der Waals surface area contributed by atoms with Crippen LogP contribution < -0.4 is 5.32 Å². The Balaban J connectivity index is 2.17. The maximum Gasteiger partial charge on any atom is 0.147 e. The van der Waals surface area contributed by atoms with E-state index in [1.807, 2.05) is 0 Å². The average molecular weight is 249 g/mol. The van der Waals surface area contributed by atoms with Crippen LogP contribution in [-0.4, -0.2) is 45.2 Å². The van der Waals surface area contributed by atoms with Crippen LogP contribution in [0.5, 0.6) is 0 Å². The van der Waals surface area contributed by atoms with E-state index in [4.69, 9.17) is 4.74 Å². The van der Waals surface area contributed by atoms with Gasteiger partial charge in [0.05, 0.1) is 18.0 Å². The predicted molar refractivity (Wildman–Crippen MR) is 65.4 cm³/mol. The van der Waals surface area contributed by atoms with Gasteiger partial charge < -0.3 is 10.1 Å². The molecule has 2 unspecified atom stereocenters. The van der Waals surface area contributed by atoms with Gasteiger partial charge in [-0.3, -0.25) is 0 Å². The third-order valence-corrected chi connectivity index (χ3v) is 3.85. The number of hydrogen-bond acceptors (Lipinski definition) is 4. The molecular weight excluding hydrogens is 226 g/mol. The van der Waals surface area contributed by atoms with Gasteiger partial charge in [-0.15, -0.1) is 0 Å². The molecule has 0 aromatic rings. The molecule has 0 aliphatic carbocycles. The predicted octanol–water partition coefficient (Wildman–Crippen LogP) is 0.967. The molecule has 1 N–H and O–H groups in total. The second-order valence-electron chi connectivity index (χ2n) is 4.86. The number of sulfone groups is 1. The Labute approximate surface area is 98.7 Å². The van der Waals surface area contributed by atoms with Gasteiger partial charge >= 0.3 is 0 Å². The van der Waals surface area contributed by atoms with Crippen molar-refractivity contribution < 1.29 is 13.2 Å². The highest BCUT2D eigenvalue weighted by atomic mass is 32.2. The molecule has 1 rings (SSSR count). The molecule has 0 radical (unpaired) electrons. The lowest BCUT2D eigenvalue weighted by atomic mass is 10.00. The largest absolute Gasteiger partial charge is 0.375 e. The Hall–Kier alpha value is -0.130. The summed E-state index contributed by atoms with van der Waals surface area (Å²) in [4.78, 5) is 0. The summed E-state index contributed by atoms with van der Waals surface area (Å²) < 4.78 is 27.5.